The van der Waals surface area contributed by atoms with E-state index in [-0.39, 0.29) is 48.4 Å². The lowest BCUT2D eigenvalue weighted by Crippen LogP contribution is -2.51. The predicted molar refractivity (Wildman–Crippen MR) is 220 cm³/mol. The SMILES string of the molecule is C#C.C=CCC1[C@@H]([C@@H](O)/C=C/CCCCC)C(=O)[C@H]2[C@H]3[C@@H]4CCC(C4)C132.C=CC[C@H]1[C@H]2[C@@H](C(=O)[C@]1(C)[C@@](C)(O)/C=C/CCCCC)[C@H]1C=C[C@@H]2C1.S. The summed E-state index contributed by atoms with van der Waals surface area (Å²) in [6, 6.07) is 0. The standard InChI is InChI=1S/C23H34O2.C22H32O2.C2H2.H2S/c1-5-7-8-9-10-14-22(3,25)23(4)18(11-6-2)19-16-12-13-17(15-16)20(19)21(23)24;1-3-5-6-7-8-10-17(23)18-16(9-4-2)22-15-12-11-14(13-15)19(22)20(22)21(18)24;1-2;/h6,10,12-14,16-20,25H,2,5,7-9,11,15H2,1,3-4H3;4,8,10,14-20,23H,2-3,5-7,9,11-13H2,1H3;1-2H;1H2/b14-10+;10-8+;;/t16-,17+,18+,19+,20+,22+,23-;14-,15?,16?,17+,18+,19-,20-,22?;;/m11../s1. The molecule has 0 amide bonds. The molecule has 0 aromatic carbocycles. The average molecular weight is 731 g/mol. The summed E-state index contributed by atoms with van der Waals surface area (Å²) >= 11 is 0. The van der Waals surface area contributed by atoms with Gasteiger partial charge in [0.15, 0.2) is 0 Å². The van der Waals surface area contributed by atoms with E-state index in [1.807, 2.05) is 38.2 Å². The normalized spacial score (nSPS) is 41.3. The fraction of sp³-hybridized carbons (Fsp3) is 0.702. The van der Waals surface area contributed by atoms with Crippen LogP contribution in [0.1, 0.15) is 118 Å². The number of terminal acetylenes is 1. The van der Waals surface area contributed by atoms with E-state index in [1.54, 1.807) is 0 Å². The zero-order chi connectivity index (χ0) is 37.1. The summed E-state index contributed by atoms with van der Waals surface area (Å²) in [6.45, 7) is 16.1. The van der Waals surface area contributed by atoms with Gasteiger partial charge in [-0.25, -0.2) is 0 Å². The van der Waals surface area contributed by atoms with E-state index in [0.717, 1.165) is 50.4 Å². The summed E-state index contributed by atoms with van der Waals surface area (Å²) in [6.07, 6.45) is 39.9. The topological polar surface area (TPSA) is 74.6 Å². The summed E-state index contributed by atoms with van der Waals surface area (Å²) < 4.78 is 0. The van der Waals surface area contributed by atoms with E-state index in [2.05, 4.69) is 64.2 Å². The first-order chi connectivity index (χ1) is 24.6. The van der Waals surface area contributed by atoms with Crippen molar-refractivity contribution in [3.63, 3.8) is 0 Å². The number of aliphatic hydroxyl groups excluding tert-OH is 1. The molecule has 3 unspecified atom stereocenters. The Morgan fingerprint density at radius 3 is 2.19 bits per heavy atom. The van der Waals surface area contributed by atoms with E-state index >= 15 is 0 Å². The van der Waals surface area contributed by atoms with Gasteiger partial charge in [0.1, 0.15) is 11.6 Å². The molecule has 4 nitrogen and oxygen atoms in total. The minimum absolute atomic E-state index is 0. The molecule has 6 saturated carbocycles. The Bertz CT molecular complexity index is 1390. The van der Waals surface area contributed by atoms with Crippen molar-refractivity contribution in [3.05, 3.63) is 61.8 Å². The highest BCUT2D eigenvalue weighted by Crippen LogP contribution is 2.85. The van der Waals surface area contributed by atoms with Crippen molar-refractivity contribution in [2.24, 2.45) is 75.9 Å². The monoisotopic (exact) mass is 730 g/mol. The summed E-state index contributed by atoms with van der Waals surface area (Å²) in [5.41, 5.74) is -1.57. The Balaban J connectivity index is 0.000000218. The Kier molecular flexibility index (Phi) is 14.4. The van der Waals surface area contributed by atoms with E-state index in [1.165, 1.54) is 51.4 Å². The number of Topliss-reactive ketones (excluding diaryl/α,β-unsaturated/α-hetero) is 2. The number of aliphatic hydroxyl groups is 2. The highest BCUT2D eigenvalue weighted by atomic mass is 32.1. The lowest BCUT2D eigenvalue weighted by molar-refractivity contribution is -0.142. The second kappa shape index (κ2) is 17.6. The van der Waals surface area contributed by atoms with Gasteiger partial charge in [0.2, 0.25) is 0 Å². The van der Waals surface area contributed by atoms with Crippen LogP contribution in [-0.4, -0.2) is 33.5 Å². The molecule has 1 spiro atoms. The third-order valence-electron chi connectivity index (χ3n) is 15.3. The number of ketones is 2. The molecule has 0 aliphatic heterocycles. The van der Waals surface area contributed by atoms with Crippen LogP contribution in [0.25, 0.3) is 0 Å². The number of unbranched alkanes of at least 4 members (excludes halogenated alkanes) is 6. The van der Waals surface area contributed by atoms with Crippen LogP contribution in [0.2, 0.25) is 0 Å². The van der Waals surface area contributed by atoms with E-state index in [0.29, 0.717) is 35.4 Å². The van der Waals surface area contributed by atoms with E-state index < -0.39 is 17.1 Å². The molecule has 288 valence electrons. The van der Waals surface area contributed by atoms with Gasteiger partial charge in [0.25, 0.3) is 0 Å². The molecule has 0 saturated heterocycles. The van der Waals surface area contributed by atoms with Crippen LogP contribution >= 0.6 is 13.5 Å². The Morgan fingerprint density at radius 1 is 0.942 bits per heavy atom. The molecule has 5 heteroatoms. The first-order valence-electron chi connectivity index (χ1n) is 20.6. The molecule has 7 aliphatic carbocycles. The third-order valence-corrected chi connectivity index (χ3v) is 15.3. The minimum atomic E-state index is -1.10. The average Bonchev–Trinajstić information content (AvgIpc) is 3.76. The van der Waals surface area contributed by atoms with Crippen LogP contribution in [0.4, 0.5) is 0 Å². The number of hydrogen-bond acceptors (Lipinski definition) is 4. The third kappa shape index (κ3) is 6.85. The molecule has 0 heterocycles. The highest BCUT2D eigenvalue weighted by Gasteiger charge is 2.85. The van der Waals surface area contributed by atoms with Gasteiger partial charge in [-0.05, 0) is 131 Å². The minimum Gasteiger partial charge on any atom is -0.388 e. The molecule has 0 aromatic heterocycles. The van der Waals surface area contributed by atoms with Crippen molar-refractivity contribution in [1.29, 1.82) is 0 Å². The maximum absolute atomic E-state index is 13.5. The van der Waals surface area contributed by atoms with Crippen molar-refractivity contribution in [3.8, 4) is 12.8 Å². The van der Waals surface area contributed by atoms with Gasteiger partial charge in [-0.3, -0.25) is 9.59 Å². The molecule has 0 aromatic rings. The van der Waals surface area contributed by atoms with Crippen LogP contribution in [0.3, 0.4) is 0 Å². The maximum Gasteiger partial charge on any atom is 0.146 e. The molecule has 6 fully saturated rings. The number of allylic oxidation sites excluding steroid dienone is 6. The summed E-state index contributed by atoms with van der Waals surface area (Å²) in [5, 5.41) is 22.1. The largest absolute Gasteiger partial charge is 0.388 e. The number of rotatable bonds is 16. The number of carbonyl (C=O) groups excluding carboxylic acids is 2. The molecule has 0 radical (unpaired) electrons. The van der Waals surface area contributed by atoms with Crippen molar-refractivity contribution >= 4 is 25.1 Å². The van der Waals surface area contributed by atoms with Crippen LogP contribution in [-0.2, 0) is 9.59 Å². The Labute approximate surface area is 323 Å². The van der Waals surface area contributed by atoms with Crippen molar-refractivity contribution in [2.75, 3.05) is 0 Å². The molecule has 7 aliphatic rings. The first-order valence-corrected chi connectivity index (χ1v) is 20.6. The van der Waals surface area contributed by atoms with Gasteiger partial charge in [0, 0.05) is 11.8 Å². The fourth-order valence-corrected chi connectivity index (χ4v) is 13.1. The van der Waals surface area contributed by atoms with Gasteiger partial charge in [-0.1, -0.05) is 88.1 Å². The quantitative estimate of drug-likeness (QED) is 0.0942. The number of hydrogen-bond donors (Lipinski definition) is 2. The van der Waals surface area contributed by atoms with Crippen LogP contribution in [0, 0.1) is 88.8 Å². The number of carbonyl (C=O) groups is 2. The second-order valence-electron chi connectivity index (χ2n) is 17.5. The van der Waals surface area contributed by atoms with Gasteiger partial charge in [-0.2, -0.15) is 13.5 Å². The first kappa shape index (κ1) is 42.6. The number of fused-ring (bicyclic) bond motifs is 9. The van der Waals surface area contributed by atoms with Crippen LogP contribution in [0.15, 0.2) is 61.8 Å². The van der Waals surface area contributed by atoms with Crippen LogP contribution in [0.5, 0.6) is 0 Å². The van der Waals surface area contributed by atoms with Gasteiger partial charge in [0.05, 0.1) is 23.0 Å². The highest BCUT2D eigenvalue weighted by molar-refractivity contribution is 7.59. The zero-order valence-electron chi connectivity index (χ0n) is 32.7. The molecular weight excluding hydrogens is 661 g/mol. The summed E-state index contributed by atoms with van der Waals surface area (Å²) in [4.78, 5) is 26.6. The Hall–Kier alpha value is -2.13. The molecule has 52 heavy (non-hydrogen) atoms. The van der Waals surface area contributed by atoms with E-state index in [9.17, 15) is 19.8 Å². The maximum atomic E-state index is 13.5. The summed E-state index contributed by atoms with van der Waals surface area (Å²) in [5.74, 6) is 4.88. The lowest BCUT2D eigenvalue weighted by atomic mass is 9.63. The van der Waals surface area contributed by atoms with E-state index in [4.69, 9.17) is 0 Å². The molecular formula is C47H70O4S. The second-order valence-corrected chi connectivity index (χ2v) is 17.5. The molecule has 7 rings (SSSR count). The smallest absolute Gasteiger partial charge is 0.146 e. The van der Waals surface area contributed by atoms with Gasteiger partial charge in [-0.15, -0.1) is 26.0 Å². The zero-order valence-corrected chi connectivity index (χ0v) is 33.7. The van der Waals surface area contributed by atoms with Crippen molar-refractivity contribution in [1.82, 2.24) is 0 Å². The fourth-order valence-electron chi connectivity index (χ4n) is 13.1. The molecule has 15 atom stereocenters. The van der Waals surface area contributed by atoms with Gasteiger partial charge < -0.3 is 10.2 Å². The van der Waals surface area contributed by atoms with Crippen LogP contribution < -0.4 is 0 Å². The predicted octanol–water partition coefficient (Wildman–Crippen LogP) is 9.99. The molecule has 4 bridgehead atoms. The van der Waals surface area contributed by atoms with Crippen molar-refractivity contribution < 1.29 is 19.8 Å². The van der Waals surface area contributed by atoms with Crippen molar-refractivity contribution in [2.45, 2.75) is 129 Å². The molecule has 2 N–H and O–H groups in total. The lowest BCUT2D eigenvalue weighted by Gasteiger charge is -2.43. The Morgan fingerprint density at radius 2 is 1.56 bits per heavy atom. The van der Waals surface area contributed by atoms with Gasteiger partial charge >= 0.3 is 0 Å². The summed E-state index contributed by atoms with van der Waals surface area (Å²) in [7, 11) is 0.